The SMILES string of the molecule is CCC1=C(C)C2=NC1=CC1=C(C)C3=C(O)CC(=C4NC(=C(C#CCCCC(=O)O)C5=NC(=C2)C(CC)=C5C)[C@@H](C)[C@@H]4CCC(=O)N(CCCN(C)C)CCCN(C)C)C3=N1.[CH2-][N+](C)(C)CCCN(CCC[N+](C)(C)C)C(=O)CC[C@@H]1C2=C3CC(O)=C4C3=NC(=C4C)C=C3N=C(C=C4N=C(C(C)=C4CC)C(C#CCCCC(=O)O)=C(N2)[C@H]1C)C(C)=C3CC.[HH].[HH].[HH].[HH]. The molecular weight excluding hydrogens is 1530 g/mol. The van der Waals surface area contributed by atoms with E-state index in [9.17, 15) is 39.6 Å². The van der Waals surface area contributed by atoms with E-state index >= 15 is 0 Å². The Balaban J connectivity index is 0.000000335. The maximum Gasteiger partial charge on any atom is 0.303 e. The first-order valence-electron chi connectivity index (χ1n) is 44.6. The van der Waals surface area contributed by atoms with E-state index in [0.717, 1.165) is 262 Å². The summed E-state index contributed by atoms with van der Waals surface area (Å²) in [5, 5.41) is 49.8. The molecular formula is C100H143N14O8+. The fourth-order valence-electron chi connectivity index (χ4n) is 18.9. The average Bonchev–Trinajstić information content (AvgIpc) is 1.58. The minimum absolute atomic E-state index is 0. The summed E-state index contributed by atoms with van der Waals surface area (Å²) in [6.45, 7) is 32.0. The van der Waals surface area contributed by atoms with Gasteiger partial charge in [-0.2, -0.15) is 0 Å². The van der Waals surface area contributed by atoms with Crippen LogP contribution in [0.15, 0.2) is 212 Å². The molecule has 4 atom stereocenters. The zero-order valence-corrected chi connectivity index (χ0v) is 76.9. The van der Waals surface area contributed by atoms with Gasteiger partial charge in [-0.1, -0.05) is 65.2 Å². The van der Waals surface area contributed by atoms with Gasteiger partial charge in [-0.3, -0.25) is 19.2 Å². The number of quaternary nitrogens is 2. The third-order valence-corrected chi connectivity index (χ3v) is 25.7. The molecule has 0 saturated carbocycles. The lowest BCUT2D eigenvalue weighted by molar-refractivity contribution is -0.870. The van der Waals surface area contributed by atoms with Gasteiger partial charge >= 0.3 is 11.9 Å². The van der Waals surface area contributed by atoms with Crippen LogP contribution in [0.25, 0.3) is 0 Å². The van der Waals surface area contributed by atoms with Crippen molar-refractivity contribution in [3.63, 3.8) is 0 Å². The second-order valence-corrected chi connectivity index (χ2v) is 36.8. The molecule has 10 heterocycles. The molecule has 22 nitrogen and oxygen atoms in total. The van der Waals surface area contributed by atoms with Crippen LogP contribution in [-0.4, -0.2) is 223 Å². The number of aliphatic hydroxyl groups is 2. The summed E-state index contributed by atoms with van der Waals surface area (Å²) in [6, 6.07) is 0. The van der Waals surface area contributed by atoms with Crippen LogP contribution in [0.2, 0.25) is 0 Å². The fourth-order valence-corrected chi connectivity index (χ4v) is 18.9. The van der Waals surface area contributed by atoms with Gasteiger partial charge in [0.25, 0.3) is 0 Å². The molecule has 2 aliphatic carbocycles. The van der Waals surface area contributed by atoms with Crippen LogP contribution in [0.3, 0.4) is 0 Å². The first-order chi connectivity index (χ1) is 57.9. The Morgan fingerprint density at radius 1 is 0.467 bits per heavy atom. The summed E-state index contributed by atoms with van der Waals surface area (Å²) in [6.07, 6.45) is 19.6. The molecule has 0 aromatic rings. The van der Waals surface area contributed by atoms with Crippen LogP contribution in [0, 0.1) is 54.4 Å². The standard InChI is InChI=1S/C51H69N7O4.C49H65N7O4.4H2/c1-13-35-31(3)40-29-43-36(14-2)32(4)48(54-43)38(20-16-15-17-21-46(61)62)49-33(5)37(22-23-45(60)56(24-18-26-57(7,8)9)25-19-27-58(10,11)12)50(55-49)39-28-44(59)47-34(6)41(53-51(39)47)30-42(35)52-40;1-11-33-29(3)38-27-41-34(12-2)30(4)46(52-41)36(18-14-13-15-19-44(59)60)47-31(5)35(20-21-43(58)56(24-16-22-54(7)8)25-17-23-55(9)10)48(53-47)37-26-42(57)45-32(6)39(51-49(37)45)28-40(33)50-38;;;;/h29-30,33,37H,7,13-15,17-19,21-28H2,1-6,8-12H3,(H2-,52,53,54,55,59,61,62);27-28,31,35,53,57H,11-13,15-17,19-26H2,1-10H3,(H,59,60);4*1H/p+1/t33-,37-;31-,35-;;;;/m00..../s1. The van der Waals surface area contributed by atoms with Crippen LogP contribution in [-0.2, 0) is 19.2 Å². The van der Waals surface area contributed by atoms with Gasteiger partial charge < -0.3 is 59.6 Å². The Kier molecular flexibility index (Phi) is 30.1. The zero-order chi connectivity index (χ0) is 88.7. The molecule has 0 unspecified atom stereocenters. The Hall–Kier alpha value is -10.1. The van der Waals surface area contributed by atoms with E-state index in [-0.39, 0.29) is 54.0 Å². The summed E-state index contributed by atoms with van der Waals surface area (Å²) in [7, 11) is 23.2. The Morgan fingerprint density at radius 3 is 1.18 bits per heavy atom. The molecule has 10 aliphatic heterocycles. The number of carboxylic acid groups (broad SMARTS) is 2. The van der Waals surface area contributed by atoms with Crippen molar-refractivity contribution >= 4 is 58.0 Å². The predicted molar refractivity (Wildman–Crippen MR) is 502 cm³/mol. The Bertz CT molecular complexity index is 5200. The molecule has 2 saturated heterocycles. The molecule has 122 heavy (non-hydrogen) atoms. The number of carbonyl (C=O) groups excluding carboxylic acids is 2. The fraction of sp³-hybridized carbons (Fsp3) is 0.530. The topological polar surface area (TPSA) is 260 Å². The number of unbranched alkanes of at least 4 members (excludes halogenated alkanes) is 2. The number of amides is 2. The van der Waals surface area contributed by atoms with Crippen molar-refractivity contribution < 1.29 is 54.3 Å². The van der Waals surface area contributed by atoms with Crippen LogP contribution in [0.4, 0.5) is 0 Å². The van der Waals surface area contributed by atoms with E-state index in [4.69, 9.17) is 30.0 Å². The van der Waals surface area contributed by atoms with Crippen LogP contribution in [0.5, 0.6) is 0 Å². The lowest BCUT2D eigenvalue weighted by Crippen LogP contribution is -2.40. The summed E-state index contributed by atoms with van der Waals surface area (Å²) < 4.78 is 1.44. The molecule has 2 fully saturated rings. The van der Waals surface area contributed by atoms with Crippen molar-refractivity contribution in [2.75, 3.05) is 116 Å². The summed E-state index contributed by atoms with van der Waals surface area (Å²) in [5.41, 5.74) is 29.5. The van der Waals surface area contributed by atoms with E-state index in [1.54, 1.807) is 0 Å². The number of hydrogen-bond acceptors (Lipinski definition) is 16. The molecule has 0 aromatic carbocycles. The zero-order valence-electron chi connectivity index (χ0n) is 76.9. The second-order valence-electron chi connectivity index (χ2n) is 36.8. The minimum atomic E-state index is -0.837. The van der Waals surface area contributed by atoms with E-state index in [1.165, 1.54) is 0 Å². The summed E-state index contributed by atoms with van der Waals surface area (Å²) >= 11 is 0. The first-order valence-corrected chi connectivity index (χ1v) is 44.6. The number of aliphatic imine (C=N–C) groups is 6. The number of aliphatic hydroxyl groups excluding tert-OH is 2. The number of rotatable bonds is 32. The van der Waals surface area contributed by atoms with Crippen LogP contribution >= 0.6 is 0 Å². The number of nitrogens with zero attached hydrogens (tertiary/aromatic N) is 12. The van der Waals surface area contributed by atoms with Crippen LogP contribution in [0.1, 0.15) is 217 Å². The maximum absolute atomic E-state index is 14.4. The lowest BCUT2D eigenvalue weighted by atomic mass is 9.84. The highest BCUT2D eigenvalue weighted by Gasteiger charge is 2.46. The van der Waals surface area contributed by atoms with E-state index < -0.39 is 11.9 Å². The van der Waals surface area contributed by atoms with Crippen molar-refractivity contribution in [3.8, 4) is 23.7 Å². The van der Waals surface area contributed by atoms with Gasteiger partial charge in [0.15, 0.2) is 0 Å². The second kappa shape index (κ2) is 39.6. The number of fused-ring (bicyclic) bond motifs is 10. The quantitative estimate of drug-likeness (QED) is 0.0159. The monoisotopic (exact) mass is 1670 g/mol. The smallest absolute Gasteiger partial charge is 0.303 e. The number of carboxylic acids is 2. The molecule has 22 heteroatoms. The molecule has 660 valence electrons. The van der Waals surface area contributed by atoms with Gasteiger partial charge in [0, 0.05) is 179 Å². The molecule has 12 rings (SSSR count). The van der Waals surface area contributed by atoms with Gasteiger partial charge in [-0.05, 0) is 227 Å². The Labute approximate surface area is 732 Å². The number of hydrogen-bond donors (Lipinski definition) is 6. The number of nitrogens with one attached hydrogen (secondary N) is 2. The number of aliphatic carboxylic acids is 2. The number of allylic oxidation sites excluding steroid dienone is 24. The lowest BCUT2D eigenvalue weighted by Gasteiger charge is -2.34. The molecule has 12 aliphatic rings. The third kappa shape index (κ3) is 20.9. The van der Waals surface area contributed by atoms with Crippen molar-refractivity contribution in [3.05, 3.63) is 189 Å². The highest BCUT2D eigenvalue weighted by molar-refractivity contribution is 6.24. The normalized spacial score (nSPS) is 21.0. The molecule has 2 amide bonds. The van der Waals surface area contributed by atoms with Crippen molar-refractivity contribution in [2.45, 2.75) is 212 Å². The third-order valence-electron chi connectivity index (χ3n) is 25.7. The average molecular weight is 1670 g/mol. The van der Waals surface area contributed by atoms with Gasteiger partial charge in [0.05, 0.1) is 114 Å². The van der Waals surface area contributed by atoms with Crippen molar-refractivity contribution in [1.29, 1.82) is 0 Å². The highest BCUT2D eigenvalue weighted by atomic mass is 16.4. The Morgan fingerprint density at radius 2 is 0.828 bits per heavy atom. The van der Waals surface area contributed by atoms with Gasteiger partial charge in [-0.25, -0.2) is 30.0 Å². The van der Waals surface area contributed by atoms with E-state index in [2.05, 4.69) is 213 Å². The minimum Gasteiger partial charge on any atom is -0.511 e. The van der Waals surface area contributed by atoms with E-state index in [1.807, 2.05) is 18.7 Å². The molecule has 0 aromatic heterocycles. The molecule has 16 bridgehead atoms. The van der Waals surface area contributed by atoms with Crippen molar-refractivity contribution in [1.82, 2.24) is 30.2 Å². The summed E-state index contributed by atoms with van der Waals surface area (Å²) in [5.74, 6) is 12.5. The van der Waals surface area contributed by atoms with Gasteiger partial charge in [0.2, 0.25) is 11.8 Å². The number of carbonyl (C=O) groups is 4. The van der Waals surface area contributed by atoms with Crippen LogP contribution < -0.4 is 10.6 Å². The molecule has 6 N–H and O–H groups in total. The van der Waals surface area contributed by atoms with Gasteiger partial charge in [0.1, 0.15) is 11.5 Å². The predicted octanol–water partition coefficient (Wildman–Crippen LogP) is 17.9. The first kappa shape index (κ1) is 92.6. The van der Waals surface area contributed by atoms with E-state index in [0.29, 0.717) is 106 Å². The molecule has 0 spiro atoms. The molecule has 0 radical (unpaired) electrons. The van der Waals surface area contributed by atoms with Gasteiger partial charge in [-0.15, -0.1) is 7.05 Å². The van der Waals surface area contributed by atoms with Crippen molar-refractivity contribution in [2.24, 2.45) is 53.6 Å². The maximum atomic E-state index is 14.4. The highest BCUT2D eigenvalue weighted by Crippen LogP contribution is 2.51. The summed E-state index contributed by atoms with van der Waals surface area (Å²) in [4.78, 5) is 91.4. The largest absolute Gasteiger partial charge is 0.511 e.